The Hall–Kier alpha value is -1.48. The van der Waals surface area contributed by atoms with E-state index >= 15 is 0 Å². The molecule has 1 aliphatic carbocycles. The summed E-state index contributed by atoms with van der Waals surface area (Å²) in [6.07, 6.45) is 7.50. The molecule has 0 bridgehead atoms. The van der Waals surface area contributed by atoms with Crippen molar-refractivity contribution in [3.05, 3.63) is 47.0 Å². The molecular formula is C16H22ClN3. The zero-order valence-corrected chi connectivity index (χ0v) is 12.7. The highest BCUT2D eigenvalue weighted by Gasteiger charge is 2.11. The lowest BCUT2D eigenvalue weighted by molar-refractivity contribution is 0.633. The molecule has 3 nitrogen and oxygen atoms in total. The Kier molecular flexibility index (Phi) is 5.93. The molecule has 0 aromatic heterocycles. The Morgan fingerprint density at radius 1 is 1.35 bits per heavy atom. The fourth-order valence-corrected chi connectivity index (χ4v) is 2.45. The first-order valence-electron chi connectivity index (χ1n) is 7.22. The average molecular weight is 292 g/mol. The van der Waals surface area contributed by atoms with Crippen LogP contribution in [0.3, 0.4) is 0 Å². The van der Waals surface area contributed by atoms with E-state index in [-0.39, 0.29) is 0 Å². The molecule has 0 heterocycles. The van der Waals surface area contributed by atoms with Gasteiger partial charge in [-0.25, -0.2) is 0 Å². The summed E-state index contributed by atoms with van der Waals surface area (Å²) in [6, 6.07) is 8.45. The van der Waals surface area contributed by atoms with E-state index in [4.69, 9.17) is 11.6 Å². The number of guanidine groups is 1. The lowest BCUT2D eigenvalue weighted by Gasteiger charge is -2.16. The van der Waals surface area contributed by atoms with Crippen LogP contribution in [0.5, 0.6) is 0 Å². The third-order valence-corrected chi connectivity index (χ3v) is 3.49. The molecule has 0 saturated heterocycles. The van der Waals surface area contributed by atoms with Gasteiger partial charge in [-0.3, -0.25) is 4.99 Å². The van der Waals surface area contributed by atoms with Crippen LogP contribution in [0.1, 0.15) is 25.3 Å². The first-order chi connectivity index (χ1) is 9.78. The maximum Gasteiger partial charge on any atom is 0.191 e. The molecule has 108 valence electrons. The summed E-state index contributed by atoms with van der Waals surface area (Å²) in [5.41, 5.74) is 1.22. The van der Waals surface area contributed by atoms with E-state index < -0.39 is 0 Å². The summed E-state index contributed by atoms with van der Waals surface area (Å²) in [5.74, 6) is 0.906. The molecule has 1 aliphatic rings. The van der Waals surface area contributed by atoms with Crippen LogP contribution in [0, 0.1) is 0 Å². The normalized spacial score (nSPS) is 15.6. The van der Waals surface area contributed by atoms with E-state index in [0.717, 1.165) is 43.3 Å². The molecule has 0 aliphatic heterocycles. The molecule has 0 spiro atoms. The van der Waals surface area contributed by atoms with Crippen molar-refractivity contribution in [3.63, 3.8) is 0 Å². The van der Waals surface area contributed by atoms with Gasteiger partial charge >= 0.3 is 0 Å². The smallest absolute Gasteiger partial charge is 0.191 e. The lowest BCUT2D eigenvalue weighted by atomic mass is 10.1. The molecule has 0 fully saturated rings. The lowest BCUT2D eigenvalue weighted by Crippen LogP contribution is -2.42. The van der Waals surface area contributed by atoms with Gasteiger partial charge in [0, 0.05) is 24.2 Å². The van der Waals surface area contributed by atoms with Crippen molar-refractivity contribution >= 4 is 17.6 Å². The second-order valence-electron chi connectivity index (χ2n) is 4.92. The minimum atomic E-state index is 0.485. The monoisotopic (exact) mass is 291 g/mol. The zero-order valence-electron chi connectivity index (χ0n) is 11.9. The van der Waals surface area contributed by atoms with E-state index in [9.17, 15) is 0 Å². The molecule has 0 unspecified atom stereocenters. The van der Waals surface area contributed by atoms with Crippen LogP contribution in [0.15, 0.2) is 41.4 Å². The third kappa shape index (κ3) is 4.89. The van der Waals surface area contributed by atoms with Gasteiger partial charge < -0.3 is 10.6 Å². The van der Waals surface area contributed by atoms with Crippen molar-refractivity contribution in [2.45, 2.75) is 32.2 Å². The highest BCUT2D eigenvalue weighted by Crippen LogP contribution is 2.11. The van der Waals surface area contributed by atoms with Gasteiger partial charge in [-0.15, -0.1) is 0 Å². The van der Waals surface area contributed by atoms with Gasteiger partial charge in [-0.05, 0) is 43.9 Å². The molecule has 2 rings (SSSR count). The molecular weight excluding hydrogens is 270 g/mol. The summed E-state index contributed by atoms with van der Waals surface area (Å²) in [5, 5.41) is 7.54. The molecule has 4 heteroatoms. The highest BCUT2D eigenvalue weighted by atomic mass is 35.5. The topological polar surface area (TPSA) is 36.4 Å². The van der Waals surface area contributed by atoms with Crippen LogP contribution in [0.4, 0.5) is 0 Å². The van der Waals surface area contributed by atoms with Gasteiger partial charge in [0.25, 0.3) is 0 Å². The largest absolute Gasteiger partial charge is 0.357 e. The fraction of sp³-hybridized carbons (Fsp3) is 0.438. The fourth-order valence-electron chi connectivity index (χ4n) is 2.24. The summed E-state index contributed by atoms with van der Waals surface area (Å²) in [7, 11) is 0. The molecule has 0 saturated carbocycles. The maximum atomic E-state index is 5.98. The number of hydrogen-bond acceptors (Lipinski definition) is 1. The summed E-state index contributed by atoms with van der Waals surface area (Å²) >= 11 is 5.98. The van der Waals surface area contributed by atoms with Crippen molar-refractivity contribution in [2.75, 3.05) is 13.1 Å². The number of nitrogens with one attached hydrogen (secondary N) is 2. The number of halogens is 1. The Labute approximate surface area is 126 Å². The first-order valence-corrected chi connectivity index (χ1v) is 7.60. The third-order valence-electron chi connectivity index (χ3n) is 3.25. The van der Waals surface area contributed by atoms with Crippen LogP contribution in [-0.2, 0) is 6.42 Å². The summed E-state index contributed by atoms with van der Waals surface area (Å²) < 4.78 is 0. The van der Waals surface area contributed by atoms with Crippen molar-refractivity contribution < 1.29 is 0 Å². The van der Waals surface area contributed by atoms with Gasteiger partial charge in [0.15, 0.2) is 5.96 Å². The summed E-state index contributed by atoms with van der Waals surface area (Å²) in [6.45, 7) is 3.72. The van der Waals surface area contributed by atoms with Crippen molar-refractivity contribution in [3.8, 4) is 0 Å². The summed E-state index contributed by atoms with van der Waals surface area (Å²) in [4.78, 5) is 4.63. The molecule has 0 atom stereocenters. The van der Waals surface area contributed by atoms with Crippen LogP contribution in [0.25, 0.3) is 0 Å². The number of rotatable bonds is 5. The van der Waals surface area contributed by atoms with Gasteiger partial charge in [-0.1, -0.05) is 35.9 Å². The SMILES string of the molecule is CCNC(=NCCc1cccc(Cl)c1)NC1CC=CC1. The number of nitrogens with zero attached hydrogens (tertiary/aromatic N) is 1. The van der Waals surface area contributed by atoms with Crippen LogP contribution >= 0.6 is 11.6 Å². The van der Waals surface area contributed by atoms with E-state index in [1.165, 1.54) is 5.56 Å². The minimum Gasteiger partial charge on any atom is -0.357 e. The Bertz CT molecular complexity index is 474. The first kappa shape index (κ1) is 14.9. The molecule has 20 heavy (non-hydrogen) atoms. The second kappa shape index (κ2) is 7.95. The predicted octanol–water partition coefficient (Wildman–Crippen LogP) is 3.16. The van der Waals surface area contributed by atoms with Crippen molar-refractivity contribution in [2.24, 2.45) is 4.99 Å². The van der Waals surface area contributed by atoms with Crippen LogP contribution in [-0.4, -0.2) is 25.1 Å². The number of aliphatic imine (C=N–C) groups is 1. The number of benzene rings is 1. The predicted molar refractivity (Wildman–Crippen MR) is 86.4 cm³/mol. The van der Waals surface area contributed by atoms with E-state index in [2.05, 4.69) is 40.8 Å². The van der Waals surface area contributed by atoms with E-state index in [1.54, 1.807) is 0 Å². The number of hydrogen-bond donors (Lipinski definition) is 2. The second-order valence-corrected chi connectivity index (χ2v) is 5.36. The Morgan fingerprint density at radius 2 is 2.15 bits per heavy atom. The minimum absolute atomic E-state index is 0.485. The van der Waals surface area contributed by atoms with Gasteiger partial charge in [0.1, 0.15) is 0 Å². The molecule has 1 aromatic carbocycles. The average Bonchev–Trinajstić information content (AvgIpc) is 2.92. The Balaban J connectivity index is 1.85. The van der Waals surface area contributed by atoms with E-state index in [1.807, 2.05) is 18.2 Å². The van der Waals surface area contributed by atoms with E-state index in [0.29, 0.717) is 6.04 Å². The molecule has 1 aromatic rings. The maximum absolute atomic E-state index is 5.98. The molecule has 0 radical (unpaired) electrons. The Morgan fingerprint density at radius 3 is 2.85 bits per heavy atom. The van der Waals surface area contributed by atoms with Crippen LogP contribution < -0.4 is 10.6 Å². The highest BCUT2D eigenvalue weighted by molar-refractivity contribution is 6.30. The molecule has 2 N–H and O–H groups in total. The standard InChI is InChI=1S/C16H22ClN3/c1-2-18-16(20-15-8-3-4-9-15)19-11-10-13-6-5-7-14(17)12-13/h3-7,12,15H,2,8-11H2,1H3,(H2,18,19,20). The van der Waals surface area contributed by atoms with Gasteiger partial charge in [0.05, 0.1) is 0 Å². The van der Waals surface area contributed by atoms with Crippen LogP contribution in [0.2, 0.25) is 5.02 Å². The van der Waals surface area contributed by atoms with Gasteiger partial charge in [-0.2, -0.15) is 0 Å². The van der Waals surface area contributed by atoms with Gasteiger partial charge in [0.2, 0.25) is 0 Å². The van der Waals surface area contributed by atoms with Crippen molar-refractivity contribution in [1.82, 2.24) is 10.6 Å². The van der Waals surface area contributed by atoms with Crippen molar-refractivity contribution in [1.29, 1.82) is 0 Å². The molecule has 0 amide bonds. The quantitative estimate of drug-likeness (QED) is 0.497. The zero-order chi connectivity index (χ0) is 14.2.